The first-order valence-electron chi connectivity index (χ1n) is 2.83. The van der Waals surface area contributed by atoms with Crippen LogP contribution in [0.4, 0.5) is 0 Å². The monoisotopic (exact) mass is 136 g/mol. The van der Waals surface area contributed by atoms with Crippen LogP contribution in [-0.4, -0.2) is 25.7 Å². The highest BCUT2D eigenvalue weighted by Gasteiger charge is 2.03. The standard InChI is InChI=1S/C5H12N2.ClH/c1-5-4-6-2-3-7-5;/h5-7H,2-4H2,1H3;1H. The fourth-order valence-corrected chi connectivity index (χ4v) is 0.798. The van der Waals surface area contributed by atoms with Gasteiger partial charge in [0.1, 0.15) is 0 Å². The van der Waals surface area contributed by atoms with Crippen molar-refractivity contribution in [3.8, 4) is 0 Å². The van der Waals surface area contributed by atoms with E-state index in [0.29, 0.717) is 6.04 Å². The maximum absolute atomic E-state index is 3.32. The molecule has 1 rings (SSSR count). The van der Waals surface area contributed by atoms with E-state index in [1.54, 1.807) is 0 Å². The average molecular weight is 137 g/mol. The largest absolute Gasteiger partial charge is 0.314 e. The molecule has 50 valence electrons. The molecule has 0 amide bonds. The summed E-state index contributed by atoms with van der Waals surface area (Å²) < 4.78 is 0. The van der Waals surface area contributed by atoms with Crippen LogP contribution < -0.4 is 10.6 Å². The SMILES string of the molecule is CC1CNCCN1.Cl. The minimum atomic E-state index is 0. The van der Waals surface area contributed by atoms with Gasteiger partial charge in [-0.2, -0.15) is 0 Å². The molecule has 2 nitrogen and oxygen atoms in total. The Labute approximate surface area is 56.4 Å². The van der Waals surface area contributed by atoms with Crippen molar-refractivity contribution in [2.75, 3.05) is 19.6 Å². The van der Waals surface area contributed by atoms with E-state index in [9.17, 15) is 0 Å². The molecule has 0 aromatic carbocycles. The normalized spacial score (nSPS) is 28.9. The summed E-state index contributed by atoms with van der Waals surface area (Å²) in [4.78, 5) is 0. The van der Waals surface area contributed by atoms with E-state index in [4.69, 9.17) is 0 Å². The number of halogens is 1. The lowest BCUT2D eigenvalue weighted by Crippen LogP contribution is -2.46. The van der Waals surface area contributed by atoms with Crippen LogP contribution in [-0.2, 0) is 0 Å². The Morgan fingerprint density at radius 2 is 2.12 bits per heavy atom. The number of nitrogens with one attached hydrogen (secondary N) is 2. The Morgan fingerprint density at radius 1 is 1.38 bits per heavy atom. The molecule has 0 bridgehead atoms. The summed E-state index contributed by atoms with van der Waals surface area (Å²) in [5.41, 5.74) is 0. The van der Waals surface area contributed by atoms with Crippen LogP contribution in [0.25, 0.3) is 0 Å². The second kappa shape index (κ2) is 4.13. The fraction of sp³-hybridized carbons (Fsp3) is 1.00. The van der Waals surface area contributed by atoms with Gasteiger partial charge in [-0.05, 0) is 6.92 Å². The predicted molar refractivity (Wildman–Crippen MR) is 37.6 cm³/mol. The minimum Gasteiger partial charge on any atom is -0.314 e. The van der Waals surface area contributed by atoms with E-state index in [0.717, 1.165) is 19.6 Å². The first-order valence-corrected chi connectivity index (χ1v) is 2.83. The molecule has 2 N–H and O–H groups in total. The smallest absolute Gasteiger partial charge is 0.0164 e. The molecule has 1 saturated heterocycles. The number of rotatable bonds is 0. The van der Waals surface area contributed by atoms with Gasteiger partial charge in [-0.15, -0.1) is 12.4 Å². The zero-order chi connectivity index (χ0) is 5.11. The van der Waals surface area contributed by atoms with Gasteiger partial charge in [0.05, 0.1) is 0 Å². The molecule has 3 heteroatoms. The third-order valence-corrected chi connectivity index (χ3v) is 1.25. The third-order valence-electron chi connectivity index (χ3n) is 1.25. The van der Waals surface area contributed by atoms with Crippen LogP contribution >= 0.6 is 12.4 Å². The maximum Gasteiger partial charge on any atom is 0.0164 e. The Morgan fingerprint density at radius 3 is 2.38 bits per heavy atom. The van der Waals surface area contributed by atoms with Crippen LogP contribution in [0.1, 0.15) is 6.92 Å². The summed E-state index contributed by atoms with van der Waals surface area (Å²) in [6, 6.07) is 0.675. The number of piperazine rings is 1. The molecule has 0 spiro atoms. The van der Waals surface area contributed by atoms with Gasteiger partial charge in [0, 0.05) is 25.7 Å². The van der Waals surface area contributed by atoms with Crippen LogP contribution in [0.5, 0.6) is 0 Å². The molecule has 0 aliphatic carbocycles. The Kier molecular flexibility index (Phi) is 4.23. The van der Waals surface area contributed by atoms with Gasteiger partial charge >= 0.3 is 0 Å². The zero-order valence-corrected chi connectivity index (χ0v) is 5.92. The van der Waals surface area contributed by atoms with E-state index >= 15 is 0 Å². The van der Waals surface area contributed by atoms with Crippen molar-refractivity contribution < 1.29 is 0 Å². The van der Waals surface area contributed by atoms with Gasteiger partial charge in [-0.25, -0.2) is 0 Å². The van der Waals surface area contributed by atoms with Crippen LogP contribution in [0.15, 0.2) is 0 Å². The van der Waals surface area contributed by atoms with Crippen LogP contribution in [0, 0.1) is 0 Å². The maximum atomic E-state index is 3.32. The lowest BCUT2D eigenvalue weighted by Gasteiger charge is -2.19. The summed E-state index contributed by atoms with van der Waals surface area (Å²) in [6.45, 7) is 5.57. The molecule has 1 fully saturated rings. The Balaban J connectivity index is 0.000000490. The van der Waals surface area contributed by atoms with Crippen molar-refractivity contribution in [3.05, 3.63) is 0 Å². The fourth-order valence-electron chi connectivity index (χ4n) is 0.798. The minimum absolute atomic E-state index is 0. The molecule has 0 aromatic rings. The van der Waals surface area contributed by atoms with Crippen molar-refractivity contribution in [1.82, 2.24) is 10.6 Å². The topological polar surface area (TPSA) is 24.1 Å². The van der Waals surface area contributed by atoms with E-state index in [2.05, 4.69) is 17.6 Å². The van der Waals surface area contributed by atoms with Crippen molar-refractivity contribution in [2.24, 2.45) is 0 Å². The van der Waals surface area contributed by atoms with Crippen LogP contribution in [0.3, 0.4) is 0 Å². The zero-order valence-electron chi connectivity index (χ0n) is 5.11. The summed E-state index contributed by atoms with van der Waals surface area (Å²) >= 11 is 0. The van der Waals surface area contributed by atoms with Gasteiger partial charge in [-0.3, -0.25) is 0 Å². The molecular formula is C5H13ClN2. The highest BCUT2D eigenvalue weighted by Crippen LogP contribution is 1.80. The van der Waals surface area contributed by atoms with Gasteiger partial charge in [0.15, 0.2) is 0 Å². The molecular weight excluding hydrogens is 124 g/mol. The van der Waals surface area contributed by atoms with E-state index in [-0.39, 0.29) is 12.4 Å². The summed E-state index contributed by atoms with van der Waals surface area (Å²) in [5, 5.41) is 6.59. The second-order valence-corrected chi connectivity index (χ2v) is 2.06. The molecule has 1 heterocycles. The van der Waals surface area contributed by atoms with Gasteiger partial charge in [0.25, 0.3) is 0 Å². The van der Waals surface area contributed by atoms with Crippen molar-refractivity contribution in [2.45, 2.75) is 13.0 Å². The summed E-state index contributed by atoms with van der Waals surface area (Å²) in [5.74, 6) is 0. The molecule has 1 aliphatic heterocycles. The summed E-state index contributed by atoms with van der Waals surface area (Å²) in [6.07, 6.45) is 0. The van der Waals surface area contributed by atoms with Crippen molar-refractivity contribution in [3.63, 3.8) is 0 Å². The molecule has 0 radical (unpaired) electrons. The van der Waals surface area contributed by atoms with E-state index in [1.807, 2.05) is 0 Å². The van der Waals surface area contributed by atoms with Gasteiger partial charge in [0.2, 0.25) is 0 Å². The first-order chi connectivity index (χ1) is 3.39. The molecule has 1 aliphatic rings. The summed E-state index contributed by atoms with van der Waals surface area (Å²) in [7, 11) is 0. The van der Waals surface area contributed by atoms with E-state index < -0.39 is 0 Å². The average Bonchev–Trinajstić information content (AvgIpc) is 1.69. The number of hydrogen-bond acceptors (Lipinski definition) is 2. The quantitative estimate of drug-likeness (QED) is 0.490. The molecule has 1 unspecified atom stereocenters. The molecule has 8 heavy (non-hydrogen) atoms. The van der Waals surface area contributed by atoms with Crippen molar-refractivity contribution in [1.29, 1.82) is 0 Å². The predicted octanol–water partition coefficient (Wildman–Crippen LogP) is -0.0105. The molecule has 0 saturated carbocycles. The number of hydrogen-bond donors (Lipinski definition) is 2. The second-order valence-electron chi connectivity index (χ2n) is 2.06. The highest BCUT2D eigenvalue weighted by atomic mass is 35.5. The lowest BCUT2D eigenvalue weighted by molar-refractivity contribution is 0.442. The Hall–Kier alpha value is 0.210. The van der Waals surface area contributed by atoms with E-state index in [1.165, 1.54) is 0 Å². The first kappa shape index (κ1) is 8.21. The highest BCUT2D eigenvalue weighted by molar-refractivity contribution is 5.85. The molecule has 1 atom stereocenters. The van der Waals surface area contributed by atoms with Crippen molar-refractivity contribution >= 4 is 12.4 Å². The lowest BCUT2D eigenvalue weighted by atomic mass is 10.3. The van der Waals surface area contributed by atoms with Gasteiger partial charge < -0.3 is 10.6 Å². The Bertz CT molecular complexity index is 52.4. The third kappa shape index (κ3) is 2.50. The van der Waals surface area contributed by atoms with Gasteiger partial charge in [-0.1, -0.05) is 0 Å². The molecule has 0 aromatic heterocycles. The van der Waals surface area contributed by atoms with Crippen LogP contribution in [0.2, 0.25) is 0 Å².